The number of nitriles is 1. The van der Waals surface area contributed by atoms with Crippen molar-refractivity contribution in [3.8, 4) is 11.8 Å². The van der Waals surface area contributed by atoms with E-state index in [0.717, 1.165) is 42.8 Å². The van der Waals surface area contributed by atoms with Gasteiger partial charge in [0.05, 0.1) is 11.3 Å². The van der Waals surface area contributed by atoms with Crippen LogP contribution in [0.5, 0.6) is 0 Å². The Labute approximate surface area is 184 Å². The predicted octanol–water partition coefficient (Wildman–Crippen LogP) is 4.75. The summed E-state index contributed by atoms with van der Waals surface area (Å²) in [5, 5.41) is 22.4. The second-order valence-corrected chi connectivity index (χ2v) is 9.42. The SMILES string of the molecule is CCC1CCc2c(sc(NC(=O)CSc3nnc(C)n3-c3ccccc3)c2C#N)C1. The number of para-hydroxylation sites is 1. The van der Waals surface area contributed by atoms with Crippen LogP contribution in [0.15, 0.2) is 35.5 Å². The highest BCUT2D eigenvalue weighted by Crippen LogP contribution is 2.40. The molecule has 8 heteroatoms. The summed E-state index contributed by atoms with van der Waals surface area (Å²) < 4.78 is 1.94. The second-order valence-electron chi connectivity index (χ2n) is 7.37. The van der Waals surface area contributed by atoms with Crippen molar-refractivity contribution in [2.75, 3.05) is 11.1 Å². The summed E-state index contributed by atoms with van der Waals surface area (Å²) in [5.41, 5.74) is 2.74. The Morgan fingerprint density at radius 1 is 1.37 bits per heavy atom. The van der Waals surface area contributed by atoms with E-state index in [2.05, 4.69) is 28.5 Å². The molecule has 0 spiro atoms. The van der Waals surface area contributed by atoms with Gasteiger partial charge in [-0.25, -0.2) is 0 Å². The number of hydrogen-bond acceptors (Lipinski definition) is 6. The fourth-order valence-electron chi connectivity index (χ4n) is 3.81. The van der Waals surface area contributed by atoms with Crippen molar-refractivity contribution in [2.45, 2.75) is 44.7 Å². The van der Waals surface area contributed by atoms with Crippen LogP contribution in [0.25, 0.3) is 5.69 Å². The van der Waals surface area contributed by atoms with Crippen LogP contribution in [-0.2, 0) is 17.6 Å². The number of carbonyl (C=O) groups excluding carboxylic acids is 1. The maximum Gasteiger partial charge on any atom is 0.235 e. The quantitative estimate of drug-likeness (QED) is 0.563. The summed E-state index contributed by atoms with van der Waals surface area (Å²) in [5.74, 6) is 1.51. The largest absolute Gasteiger partial charge is 0.316 e. The summed E-state index contributed by atoms with van der Waals surface area (Å²) in [6.45, 7) is 4.10. The van der Waals surface area contributed by atoms with E-state index in [-0.39, 0.29) is 11.7 Å². The Bertz CT molecular complexity index is 1100. The van der Waals surface area contributed by atoms with Gasteiger partial charge in [0.1, 0.15) is 16.9 Å². The van der Waals surface area contributed by atoms with Crippen LogP contribution in [0.3, 0.4) is 0 Å². The molecule has 1 aliphatic carbocycles. The molecule has 1 aromatic carbocycles. The smallest absolute Gasteiger partial charge is 0.235 e. The fourth-order valence-corrected chi connectivity index (χ4v) is 5.94. The van der Waals surface area contributed by atoms with Crippen molar-refractivity contribution in [1.82, 2.24) is 14.8 Å². The first-order valence-corrected chi connectivity index (χ1v) is 11.9. The lowest BCUT2D eigenvalue weighted by Gasteiger charge is -2.20. The molecule has 1 aliphatic rings. The standard InChI is InChI=1S/C22H23N5OS2/c1-3-15-9-10-17-18(12-23)21(30-19(17)11-15)24-20(28)13-29-22-26-25-14(2)27(22)16-7-5-4-6-8-16/h4-8,15H,3,9-11,13H2,1-2H3,(H,24,28). The number of fused-ring (bicyclic) bond motifs is 1. The lowest BCUT2D eigenvalue weighted by molar-refractivity contribution is -0.113. The Morgan fingerprint density at radius 2 is 2.17 bits per heavy atom. The summed E-state index contributed by atoms with van der Waals surface area (Å²) in [7, 11) is 0. The minimum Gasteiger partial charge on any atom is -0.316 e. The number of thiophene rings is 1. The van der Waals surface area contributed by atoms with Gasteiger partial charge in [-0.3, -0.25) is 9.36 Å². The van der Waals surface area contributed by atoms with Gasteiger partial charge in [-0.1, -0.05) is 43.3 Å². The molecule has 1 atom stereocenters. The van der Waals surface area contributed by atoms with E-state index < -0.39 is 0 Å². The van der Waals surface area contributed by atoms with E-state index in [1.54, 1.807) is 11.3 Å². The normalized spacial score (nSPS) is 15.4. The Balaban J connectivity index is 1.46. The zero-order valence-electron chi connectivity index (χ0n) is 17.0. The number of anilines is 1. The molecule has 6 nitrogen and oxygen atoms in total. The number of nitrogens with one attached hydrogen (secondary N) is 1. The van der Waals surface area contributed by atoms with Crippen molar-refractivity contribution >= 4 is 34.0 Å². The highest BCUT2D eigenvalue weighted by atomic mass is 32.2. The van der Waals surface area contributed by atoms with Crippen LogP contribution in [0.4, 0.5) is 5.00 Å². The highest BCUT2D eigenvalue weighted by molar-refractivity contribution is 7.99. The molecule has 3 aromatic rings. The van der Waals surface area contributed by atoms with Gasteiger partial charge in [-0.15, -0.1) is 21.5 Å². The Morgan fingerprint density at radius 3 is 2.90 bits per heavy atom. The Kier molecular flexibility index (Phi) is 6.21. The Hall–Kier alpha value is -2.63. The molecule has 0 fully saturated rings. The number of hydrogen-bond donors (Lipinski definition) is 1. The zero-order valence-corrected chi connectivity index (χ0v) is 18.6. The van der Waals surface area contributed by atoms with Crippen molar-refractivity contribution in [3.63, 3.8) is 0 Å². The fraction of sp³-hybridized carbons (Fsp3) is 0.364. The van der Waals surface area contributed by atoms with Crippen molar-refractivity contribution in [1.29, 1.82) is 5.26 Å². The number of thioether (sulfide) groups is 1. The number of nitrogens with zero attached hydrogens (tertiary/aromatic N) is 4. The van der Waals surface area contributed by atoms with E-state index in [1.165, 1.54) is 16.6 Å². The first kappa shape index (κ1) is 20.6. The number of aromatic nitrogens is 3. The van der Waals surface area contributed by atoms with Gasteiger partial charge in [0.15, 0.2) is 5.16 Å². The minimum atomic E-state index is -0.137. The van der Waals surface area contributed by atoms with E-state index in [1.807, 2.05) is 41.8 Å². The molecular formula is C22H23N5OS2. The van der Waals surface area contributed by atoms with E-state index in [9.17, 15) is 10.1 Å². The molecule has 4 rings (SSSR count). The van der Waals surface area contributed by atoms with Crippen molar-refractivity contribution in [2.24, 2.45) is 5.92 Å². The van der Waals surface area contributed by atoms with Gasteiger partial charge >= 0.3 is 0 Å². The first-order chi connectivity index (χ1) is 14.6. The van der Waals surface area contributed by atoms with Gasteiger partial charge in [0.25, 0.3) is 0 Å². The highest BCUT2D eigenvalue weighted by Gasteiger charge is 2.26. The topological polar surface area (TPSA) is 83.6 Å². The number of amides is 1. The maximum atomic E-state index is 12.6. The molecule has 1 N–H and O–H groups in total. The summed E-state index contributed by atoms with van der Waals surface area (Å²) in [6.07, 6.45) is 4.21. The first-order valence-electron chi connectivity index (χ1n) is 10.1. The summed E-state index contributed by atoms with van der Waals surface area (Å²) in [6, 6.07) is 12.2. The summed E-state index contributed by atoms with van der Waals surface area (Å²) >= 11 is 2.90. The molecule has 2 aromatic heterocycles. The van der Waals surface area contributed by atoms with Crippen molar-refractivity contribution < 1.29 is 4.79 Å². The molecule has 154 valence electrons. The van der Waals surface area contributed by atoms with Gasteiger partial charge in [-0.05, 0) is 49.8 Å². The number of carbonyl (C=O) groups is 1. The minimum absolute atomic E-state index is 0.137. The lowest BCUT2D eigenvalue weighted by atomic mass is 9.86. The number of benzene rings is 1. The van der Waals surface area contributed by atoms with Crippen LogP contribution < -0.4 is 5.32 Å². The summed E-state index contributed by atoms with van der Waals surface area (Å²) in [4.78, 5) is 13.9. The lowest BCUT2D eigenvalue weighted by Crippen LogP contribution is -2.15. The molecule has 2 heterocycles. The molecule has 0 saturated carbocycles. The van der Waals surface area contributed by atoms with Gasteiger partial charge in [-0.2, -0.15) is 5.26 Å². The number of aryl methyl sites for hydroxylation is 1. The molecule has 1 amide bonds. The van der Waals surface area contributed by atoms with E-state index in [4.69, 9.17) is 0 Å². The van der Waals surface area contributed by atoms with E-state index >= 15 is 0 Å². The zero-order chi connectivity index (χ0) is 21.1. The number of rotatable bonds is 6. The van der Waals surface area contributed by atoms with Crippen LogP contribution in [0.2, 0.25) is 0 Å². The van der Waals surface area contributed by atoms with Crippen molar-refractivity contribution in [3.05, 3.63) is 52.2 Å². The van der Waals surface area contributed by atoms with Gasteiger partial charge < -0.3 is 5.32 Å². The average molecular weight is 438 g/mol. The predicted molar refractivity (Wildman–Crippen MR) is 120 cm³/mol. The third-order valence-electron chi connectivity index (χ3n) is 5.45. The maximum absolute atomic E-state index is 12.6. The van der Waals surface area contributed by atoms with Crippen LogP contribution in [-0.4, -0.2) is 26.4 Å². The molecule has 0 bridgehead atoms. The van der Waals surface area contributed by atoms with Crippen LogP contribution in [0, 0.1) is 24.2 Å². The second kappa shape index (κ2) is 9.02. The average Bonchev–Trinajstić information content (AvgIpc) is 3.31. The molecule has 0 saturated heterocycles. The molecular weight excluding hydrogens is 414 g/mol. The van der Waals surface area contributed by atoms with Crippen LogP contribution in [0.1, 0.15) is 41.6 Å². The monoisotopic (exact) mass is 437 g/mol. The molecule has 0 aliphatic heterocycles. The molecule has 1 unspecified atom stereocenters. The third-order valence-corrected chi connectivity index (χ3v) is 7.55. The van der Waals surface area contributed by atoms with Crippen LogP contribution >= 0.6 is 23.1 Å². The van der Waals surface area contributed by atoms with Gasteiger partial charge in [0, 0.05) is 10.6 Å². The van der Waals surface area contributed by atoms with Gasteiger partial charge in [0.2, 0.25) is 5.91 Å². The third kappa shape index (κ3) is 4.13. The van der Waals surface area contributed by atoms with E-state index in [0.29, 0.717) is 21.6 Å². The molecule has 30 heavy (non-hydrogen) atoms. The molecule has 0 radical (unpaired) electrons.